The molecule has 4 aliphatic carbocycles. The van der Waals surface area contributed by atoms with E-state index in [1.54, 1.807) is 0 Å². The quantitative estimate of drug-likeness (QED) is 0.625. The highest BCUT2D eigenvalue weighted by atomic mass is 16.1. The van der Waals surface area contributed by atoms with E-state index in [2.05, 4.69) is 22.1 Å². The van der Waals surface area contributed by atoms with Gasteiger partial charge in [0.2, 0.25) is 0 Å². The second-order valence-corrected chi connectivity index (χ2v) is 11.2. The summed E-state index contributed by atoms with van der Waals surface area (Å²) in [7, 11) is 0. The lowest BCUT2D eigenvalue weighted by Crippen LogP contribution is -2.51. The zero-order valence-electron chi connectivity index (χ0n) is 19.1. The molecule has 0 atom stereocenters. The van der Waals surface area contributed by atoms with Crippen molar-refractivity contribution in [3.05, 3.63) is 35.8 Å². The van der Waals surface area contributed by atoms with Gasteiger partial charge in [0.25, 0.3) is 5.91 Å². The van der Waals surface area contributed by atoms with Crippen LogP contribution in [0.15, 0.2) is 24.4 Å². The van der Waals surface area contributed by atoms with Crippen LogP contribution in [0.25, 0.3) is 5.65 Å². The number of pyridine rings is 1. The summed E-state index contributed by atoms with van der Waals surface area (Å²) in [6.07, 6.45) is 13.6. The topological polar surface area (TPSA) is 70.5 Å². The molecule has 0 radical (unpaired) electrons. The van der Waals surface area contributed by atoms with E-state index < -0.39 is 0 Å². The van der Waals surface area contributed by atoms with Gasteiger partial charge in [-0.25, -0.2) is 4.98 Å². The van der Waals surface area contributed by atoms with Gasteiger partial charge in [0, 0.05) is 31.7 Å². The highest BCUT2D eigenvalue weighted by Gasteiger charge is 2.50. The predicted molar refractivity (Wildman–Crippen MR) is 126 cm³/mol. The molecule has 3 heterocycles. The van der Waals surface area contributed by atoms with Gasteiger partial charge in [0.1, 0.15) is 11.3 Å². The van der Waals surface area contributed by atoms with Crippen molar-refractivity contribution < 1.29 is 4.79 Å². The molecule has 4 saturated carbocycles. The first kappa shape index (κ1) is 20.7. The number of nitrogens with zero attached hydrogens (tertiary/aromatic N) is 2. The molecule has 0 aromatic carbocycles. The first-order valence-corrected chi connectivity index (χ1v) is 12.9. The molecule has 172 valence electrons. The maximum absolute atomic E-state index is 13.2. The Hall–Kier alpha value is -1.92. The summed E-state index contributed by atoms with van der Waals surface area (Å²) in [5.74, 6) is 2.78. The number of carbonyl (C=O) groups is 1. The Morgan fingerprint density at radius 3 is 2.53 bits per heavy atom. The van der Waals surface area contributed by atoms with Crippen LogP contribution in [0.4, 0.5) is 0 Å². The fourth-order valence-corrected chi connectivity index (χ4v) is 7.66. The van der Waals surface area contributed by atoms with Crippen LogP contribution in [0.2, 0.25) is 0 Å². The average Bonchev–Trinajstić information content (AvgIpc) is 3.20. The number of aromatic nitrogens is 2. The molecule has 0 spiro atoms. The number of carbonyl (C=O) groups excluding carboxylic acids is 1. The van der Waals surface area contributed by atoms with E-state index in [4.69, 9.17) is 4.98 Å². The fourth-order valence-electron chi connectivity index (χ4n) is 7.66. The maximum Gasteiger partial charge on any atom is 0.268 e. The normalized spacial score (nSPS) is 31.9. The summed E-state index contributed by atoms with van der Waals surface area (Å²) >= 11 is 0. The van der Waals surface area contributed by atoms with Crippen LogP contribution in [-0.2, 0) is 6.42 Å². The van der Waals surface area contributed by atoms with Crippen LogP contribution in [0.1, 0.15) is 67.5 Å². The number of imidazole rings is 1. The van der Waals surface area contributed by atoms with Crippen LogP contribution in [-0.4, -0.2) is 47.5 Å². The Bertz CT molecular complexity index is 940. The SMILES string of the molecule is O=C(NCC12CC3CC(CC(C3)C1)C2)c1cccc2nc(CCNC3CCNCC3)cn12. The molecule has 1 aliphatic heterocycles. The van der Waals surface area contributed by atoms with E-state index in [1.807, 2.05) is 22.6 Å². The van der Waals surface area contributed by atoms with E-state index in [9.17, 15) is 4.79 Å². The molecule has 7 rings (SSSR count). The monoisotopic (exact) mass is 435 g/mol. The van der Waals surface area contributed by atoms with Crippen LogP contribution in [0, 0.1) is 23.2 Å². The largest absolute Gasteiger partial charge is 0.350 e. The molecule has 3 N–H and O–H groups in total. The van der Waals surface area contributed by atoms with Gasteiger partial charge in [-0.15, -0.1) is 0 Å². The second kappa shape index (κ2) is 8.45. The zero-order valence-corrected chi connectivity index (χ0v) is 19.1. The summed E-state index contributed by atoms with van der Waals surface area (Å²) in [4.78, 5) is 18.0. The molecular formula is C26H37N5O. The number of hydrogen-bond acceptors (Lipinski definition) is 4. The Morgan fingerprint density at radius 1 is 1.09 bits per heavy atom. The predicted octanol–water partition coefficient (Wildman–Crippen LogP) is 3.16. The molecule has 1 amide bonds. The molecule has 32 heavy (non-hydrogen) atoms. The summed E-state index contributed by atoms with van der Waals surface area (Å²) in [5, 5.41) is 10.4. The molecule has 0 unspecified atom stereocenters. The smallest absolute Gasteiger partial charge is 0.268 e. The maximum atomic E-state index is 13.2. The van der Waals surface area contributed by atoms with Crippen LogP contribution in [0.5, 0.6) is 0 Å². The number of nitrogens with one attached hydrogen (secondary N) is 3. The third-order valence-electron chi connectivity index (χ3n) is 8.72. The minimum atomic E-state index is 0.0446. The van der Waals surface area contributed by atoms with Crippen molar-refractivity contribution in [1.29, 1.82) is 0 Å². The summed E-state index contributed by atoms with van der Waals surface area (Å²) in [5.41, 5.74) is 2.98. The van der Waals surface area contributed by atoms with E-state index >= 15 is 0 Å². The third-order valence-corrected chi connectivity index (χ3v) is 8.72. The molecule has 2 aromatic heterocycles. The summed E-state index contributed by atoms with van der Waals surface area (Å²) < 4.78 is 1.98. The lowest BCUT2D eigenvalue weighted by molar-refractivity contribution is -0.0503. The highest BCUT2D eigenvalue weighted by Crippen LogP contribution is 2.59. The van der Waals surface area contributed by atoms with E-state index in [1.165, 1.54) is 51.4 Å². The van der Waals surface area contributed by atoms with Crippen LogP contribution < -0.4 is 16.0 Å². The van der Waals surface area contributed by atoms with Gasteiger partial charge in [-0.2, -0.15) is 0 Å². The zero-order chi connectivity index (χ0) is 21.5. The minimum Gasteiger partial charge on any atom is -0.350 e. The van der Waals surface area contributed by atoms with Crippen molar-refractivity contribution in [2.75, 3.05) is 26.2 Å². The molecular weight excluding hydrogens is 398 g/mol. The molecule has 6 nitrogen and oxygen atoms in total. The van der Waals surface area contributed by atoms with Gasteiger partial charge in [-0.1, -0.05) is 6.07 Å². The van der Waals surface area contributed by atoms with Gasteiger partial charge < -0.3 is 16.0 Å². The lowest BCUT2D eigenvalue weighted by atomic mass is 9.49. The number of rotatable bonds is 7. The van der Waals surface area contributed by atoms with Crippen molar-refractivity contribution in [2.24, 2.45) is 23.2 Å². The minimum absolute atomic E-state index is 0.0446. The highest BCUT2D eigenvalue weighted by molar-refractivity contribution is 5.93. The molecule has 5 fully saturated rings. The number of hydrogen-bond donors (Lipinski definition) is 3. The third kappa shape index (κ3) is 4.08. The first-order chi connectivity index (χ1) is 15.7. The Kier molecular flexibility index (Phi) is 5.46. The van der Waals surface area contributed by atoms with Crippen LogP contribution >= 0.6 is 0 Å². The van der Waals surface area contributed by atoms with E-state index in [0.717, 1.165) is 61.7 Å². The van der Waals surface area contributed by atoms with Crippen molar-refractivity contribution in [3.8, 4) is 0 Å². The Balaban J connectivity index is 1.10. The second-order valence-electron chi connectivity index (χ2n) is 11.2. The molecule has 1 saturated heterocycles. The summed E-state index contributed by atoms with van der Waals surface area (Å²) in [6, 6.07) is 6.50. The lowest BCUT2D eigenvalue weighted by Gasteiger charge is -2.56. The molecule has 2 aromatic rings. The number of amides is 1. The Labute approximate surface area is 190 Å². The fraction of sp³-hybridized carbons (Fsp3) is 0.692. The van der Waals surface area contributed by atoms with Gasteiger partial charge in [0.05, 0.1) is 5.69 Å². The van der Waals surface area contributed by atoms with Crippen molar-refractivity contribution in [2.45, 2.75) is 63.8 Å². The van der Waals surface area contributed by atoms with Gasteiger partial charge in [0.15, 0.2) is 0 Å². The van der Waals surface area contributed by atoms with Gasteiger partial charge in [-0.05, 0) is 99.8 Å². The Morgan fingerprint density at radius 2 is 1.81 bits per heavy atom. The average molecular weight is 436 g/mol. The number of fused-ring (bicyclic) bond motifs is 1. The van der Waals surface area contributed by atoms with Crippen molar-refractivity contribution in [3.63, 3.8) is 0 Å². The standard InChI is InChI=1S/C26H37N5O/c32-25(29-17-26-13-18-10-19(14-26)12-20(11-18)15-26)23-2-1-3-24-30-22(16-31(23)24)6-9-28-21-4-7-27-8-5-21/h1-3,16,18-21,27-28H,4-15,17H2,(H,29,32). The first-order valence-electron chi connectivity index (χ1n) is 12.9. The molecule has 5 aliphatic rings. The number of piperidine rings is 1. The van der Waals surface area contributed by atoms with Crippen molar-refractivity contribution >= 4 is 11.6 Å². The van der Waals surface area contributed by atoms with E-state index in [-0.39, 0.29) is 5.91 Å². The van der Waals surface area contributed by atoms with E-state index in [0.29, 0.717) is 17.2 Å². The molecule has 6 heteroatoms. The summed E-state index contributed by atoms with van der Waals surface area (Å²) in [6.45, 7) is 3.98. The van der Waals surface area contributed by atoms with Crippen LogP contribution in [0.3, 0.4) is 0 Å². The van der Waals surface area contributed by atoms with Crippen molar-refractivity contribution in [1.82, 2.24) is 25.3 Å². The van der Waals surface area contributed by atoms with Gasteiger partial charge >= 0.3 is 0 Å². The van der Waals surface area contributed by atoms with Gasteiger partial charge in [-0.3, -0.25) is 9.20 Å². The molecule has 4 bridgehead atoms.